The average molecular weight is 430 g/mol. The minimum atomic E-state index is -0.389. The van der Waals surface area contributed by atoms with Gasteiger partial charge in [0.1, 0.15) is 17.4 Å². The van der Waals surface area contributed by atoms with Gasteiger partial charge < -0.3 is 14.3 Å². The van der Waals surface area contributed by atoms with E-state index < -0.39 is 0 Å². The Labute approximate surface area is 184 Å². The molecular formula is C25H20ClN3O2. The van der Waals surface area contributed by atoms with Crippen molar-refractivity contribution in [2.24, 2.45) is 7.05 Å². The number of nitrogens with zero attached hydrogens (tertiary/aromatic N) is 2. The van der Waals surface area contributed by atoms with Crippen LogP contribution in [0.1, 0.15) is 23.0 Å². The van der Waals surface area contributed by atoms with Gasteiger partial charge in [-0.05, 0) is 34.5 Å². The van der Waals surface area contributed by atoms with Crippen LogP contribution in [0.2, 0.25) is 5.02 Å². The van der Waals surface area contributed by atoms with Crippen molar-refractivity contribution in [2.75, 3.05) is 0 Å². The molecule has 0 bridgehead atoms. The van der Waals surface area contributed by atoms with Crippen molar-refractivity contribution in [3.8, 4) is 0 Å². The van der Waals surface area contributed by atoms with Crippen molar-refractivity contribution < 1.29 is 9.21 Å². The third-order valence-electron chi connectivity index (χ3n) is 5.52. The summed E-state index contributed by atoms with van der Waals surface area (Å²) in [5, 5.41) is 6.96. The second-order valence-electron chi connectivity index (χ2n) is 7.55. The Kier molecular flexibility index (Phi) is 4.96. The molecule has 0 fully saturated rings. The first kappa shape index (κ1) is 19.4. The van der Waals surface area contributed by atoms with Gasteiger partial charge in [0.15, 0.2) is 0 Å². The molecule has 0 spiro atoms. The van der Waals surface area contributed by atoms with Crippen molar-refractivity contribution in [1.29, 1.82) is 0 Å². The van der Waals surface area contributed by atoms with Crippen molar-refractivity contribution in [2.45, 2.75) is 12.5 Å². The Bertz CT molecular complexity index is 1390. The number of fused-ring (bicyclic) bond motifs is 3. The van der Waals surface area contributed by atoms with Crippen LogP contribution >= 0.6 is 11.6 Å². The summed E-state index contributed by atoms with van der Waals surface area (Å²) in [4.78, 5) is 17.6. The van der Waals surface area contributed by atoms with Crippen LogP contribution in [0.5, 0.6) is 0 Å². The van der Waals surface area contributed by atoms with Gasteiger partial charge in [-0.3, -0.25) is 4.79 Å². The molecule has 0 radical (unpaired) electrons. The van der Waals surface area contributed by atoms with E-state index in [2.05, 4.69) is 22.4 Å². The monoisotopic (exact) mass is 429 g/mol. The highest BCUT2D eigenvalue weighted by atomic mass is 35.5. The molecule has 6 heteroatoms. The lowest BCUT2D eigenvalue weighted by Crippen LogP contribution is -2.32. The highest BCUT2D eigenvalue weighted by Gasteiger charge is 2.22. The molecule has 1 amide bonds. The van der Waals surface area contributed by atoms with E-state index in [-0.39, 0.29) is 18.4 Å². The summed E-state index contributed by atoms with van der Waals surface area (Å²) < 4.78 is 7.64. The number of imidazole rings is 1. The molecule has 1 atom stereocenters. The van der Waals surface area contributed by atoms with Gasteiger partial charge >= 0.3 is 0 Å². The largest absolute Gasteiger partial charge is 0.464 e. The van der Waals surface area contributed by atoms with Crippen molar-refractivity contribution in [1.82, 2.24) is 14.9 Å². The molecule has 1 N–H and O–H groups in total. The van der Waals surface area contributed by atoms with E-state index in [1.807, 2.05) is 66.3 Å². The summed E-state index contributed by atoms with van der Waals surface area (Å²) in [6, 6.07) is 19.1. The Morgan fingerprint density at radius 3 is 2.71 bits per heavy atom. The van der Waals surface area contributed by atoms with Crippen LogP contribution in [0.3, 0.4) is 0 Å². The lowest BCUT2D eigenvalue weighted by molar-refractivity contribution is -0.121. The second kappa shape index (κ2) is 7.93. The minimum absolute atomic E-state index is 0.112. The van der Waals surface area contributed by atoms with Crippen LogP contribution in [0.15, 0.2) is 83.7 Å². The molecule has 154 valence electrons. The van der Waals surface area contributed by atoms with E-state index in [9.17, 15) is 4.79 Å². The van der Waals surface area contributed by atoms with Crippen LogP contribution < -0.4 is 5.32 Å². The molecule has 0 saturated carbocycles. The predicted octanol–water partition coefficient (Wildman–Crippen LogP) is 5.42. The number of hydrogen-bond acceptors (Lipinski definition) is 3. The number of rotatable bonds is 5. The van der Waals surface area contributed by atoms with E-state index in [0.29, 0.717) is 5.02 Å². The summed E-state index contributed by atoms with van der Waals surface area (Å²) in [6.45, 7) is 0. The van der Waals surface area contributed by atoms with Crippen LogP contribution in [0.25, 0.3) is 21.7 Å². The first-order chi connectivity index (χ1) is 15.1. The Hall–Kier alpha value is -3.57. The second-order valence-corrected chi connectivity index (χ2v) is 7.98. The summed E-state index contributed by atoms with van der Waals surface area (Å²) in [7, 11) is 1.91. The van der Waals surface area contributed by atoms with Gasteiger partial charge in [-0.2, -0.15) is 0 Å². The normalized spacial score (nSPS) is 12.3. The molecule has 0 aliphatic heterocycles. The number of carbonyl (C=O) groups is 1. The Morgan fingerprint density at radius 2 is 1.94 bits per heavy atom. The lowest BCUT2D eigenvalue weighted by atomic mass is 10.0. The zero-order valence-corrected chi connectivity index (χ0v) is 17.6. The molecule has 2 heterocycles. The SMILES string of the molecule is Cn1ccnc1C(NC(=O)Cc1coc2ccc3ccccc3c12)c1ccc(Cl)cc1. The van der Waals surface area contributed by atoms with Gasteiger partial charge in [-0.15, -0.1) is 0 Å². The number of hydrogen-bond donors (Lipinski definition) is 1. The van der Waals surface area contributed by atoms with E-state index >= 15 is 0 Å². The molecular weight excluding hydrogens is 410 g/mol. The average Bonchev–Trinajstić information content (AvgIpc) is 3.39. The predicted molar refractivity (Wildman–Crippen MR) is 122 cm³/mol. The van der Waals surface area contributed by atoms with Gasteiger partial charge in [0.05, 0.1) is 12.7 Å². The van der Waals surface area contributed by atoms with E-state index in [0.717, 1.165) is 38.7 Å². The minimum Gasteiger partial charge on any atom is -0.464 e. The standard InChI is InChI=1S/C25H20ClN3O2/c1-29-13-12-27-25(29)24(17-6-9-19(26)10-7-17)28-22(30)14-18-15-31-21-11-8-16-4-2-3-5-20(16)23(18)21/h2-13,15,24H,14H2,1H3,(H,28,30). The number of amides is 1. The van der Waals surface area contributed by atoms with Crippen LogP contribution in [0, 0.1) is 0 Å². The molecule has 0 aliphatic rings. The highest BCUT2D eigenvalue weighted by Crippen LogP contribution is 2.30. The first-order valence-electron chi connectivity index (χ1n) is 10.00. The van der Waals surface area contributed by atoms with Gasteiger partial charge in [0.2, 0.25) is 5.91 Å². The molecule has 31 heavy (non-hydrogen) atoms. The van der Waals surface area contributed by atoms with E-state index in [1.165, 1.54) is 0 Å². The van der Waals surface area contributed by atoms with E-state index in [1.54, 1.807) is 12.5 Å². The molecule has 3 aromatic carbocycles. The Morgan fingerprint density at radius 1 is 1.13 bits per heavy atom. The molecule has 0 aliphatic carbocycles. The topological polar surface area (TPSA) is 60.1 Å². The molecule has 5 rings (SSSR count). The third kappa shape index (κ3) is 3.68. The number of halogens is 1. The molecule has 2 aromatic heterocycles. The fourth-order valence-electron chi connectivity index (χ4n) is 4.00. The Balaban J connectivity index is 1.47. The summed E-state index contributed by atoms with van der Waals surface area (Å²) >= 11 is 6.06. The fourth-order valence-corrected chi connectivity index (χ4v) is 4.12. The maximum atomic E-state index is 13.1. The zero-order chi connectivity index (χ0) is 21.4. The van der Waals surface area contributed by atoms with Crippen molar-refractivity contribution in [3.05, 3.63) is 101 Å². The number of aromatic nitrogens is 2. The maximum absolute atomic E-state index is 13.1. The maximum Gasteiger partial charge on any atom is 0.225 e. The van der Waals surface area contributed by atoms with Crippen LogP contribution in [-0.2, 0) is 18.3 Å². The number of benzene rings is 3. The van der Waals surface area contributed by atoms with Gasteiger partial charge in [-0.25, -0.2) is 4.98 Å². The lowest BCUT2D eigenvalue weighted by Gasteiger charge is -2.19. The van der Waals surface area contributed by atoms with Gasteiger partial charge in [0, 0.05) is 35.4 Å². The first-order valence-corrected chi connectivity index (χ1v) is 10.4. The number of nitrogens with one attached hydrogen (secondary N) is 1. The summed E-state index contributed by atoms with van der Waals surface area (Å²) in [6.07, 6.45) is 5.46. The molecule has 5 aromatic rings. The third-order valence-corrected chi connectivity index (χ3v) is 5.77. The smallest absolute Gasteiger partial charge is 0.225 e. The van der Waals surface area contributed by atoms with Gasteiger partial charge in [0.25, 0.3) is 0 Å². The molecule has 1 unspecified atom stereocenters. The zero-order valence-electron chi connectivity index (χ0n) is 16.9. The number of aryl methyl sites for hydroxylation is 1. The van der Waals surface area contributed by atoms with Crippen LogP contribution in [0.4, 0.5) is 0 Å². The van der Waals surface area contributed by atoms with Crippen molar-refractivity contribution >= 4 is 39.2 Å². The van der Waals surface area contributed by atoms with Crippen LogP contribution in [-0.4, -0.2) is 15.5 Å². The summed E-state index contributed by atoms with van der Waals surface area (Å²) in [5.74, 6) is 0.636. The quantitative estimate of drug-likeness (QED) is 0.405. The summed E-state index contributed by atoms with van der Waals surface area (Å²) in [5.41, 5.74) is 2.55. The fraction of sp³-hybridized carbons (Fsp3) is 0.120. The molecule has 0 saturated heterocycles. The van der Waals surface area contributed by atoms with Crippen molar-refractivity contribution in [3.63, 3.8) is 0 Å². The highest BCUT2D eigenvalue weighted by molar-refractivity contribution is 6.30. The number of furan rings is 1. The van der Waals surface area contributed by atoms with Gasteiger partial charge in [-0.1, -0.05) is 54.1 Å². The molecule has 5 nitrogen and oxygen atoms in total. The van der Waals surface area contributed by atoms with E-state index in [4.69, 9.17) is 16.0 Å². The number of carbonyl (C=O) groups excluding carboxylic acids is 1.